The van der Waals surface area contributed by atoms with Crippen LogP contribution in [0.15, 0.2) is 63.0 Å². The standard InChI is InChI=1S/C23H14BrClN2O6/c1-11-8-13(24)3-6-18(11)27-21(29)16(20(28)26-23(27)32)10-14-4-7-19(33-14)15-9-12(22(30)31)2-5-17(15)25/h2-10H,1H3,(H,30,31)(H,26,28,32)/b16-10+. The number of benzene rings is 2. The fraction of sp³-hybridized carbons (Fsp3) is 0.0435. The number of carboxylic acid groups (broad SMARTS) is 1. The van der Waals surface area contributed by atoms with Gasteiger partial charge in [0.15, 0.2) is 0 Å². The molecule has 2 aromatic carbocycles. The van der Waals surface area contributed by atoms with E-state index in [0.717, 1.165) is 9.37 Å². The summed E-state index contributed by atoms with van der Waals surface area (Å²) in [6.45, 7) is 1.73. The average Bonchev–Trinajstić information content (AvgIpc) is 3.21. The molecule has 1 saturated heterocycles. The molecule has 10 heteroatoms. The van der Waals surface area contributed by atoms with E-state index in [1.165, 1.54) is 36.4 Å². The molecule has 33 heavy (non-hydrogen) atoms. The molecule has 0 spiro atoms. The van der Waals surface area contributed by atoms with Gasteiger partial charge in [0.05, 0.1) is 16.3 Å². The largest absolute Gasteiger partial charge is 0.478 e. The van der Waals surface area contributed by atoms with Crippen LogP contribution in [0.1, 0.15) is 21.7 Å². The van der Waals surface area contributed by atoms with E-state index in [-0.39, 0.29) is 27.7 Å². The number of nitrogens with zero attached hydrogens (tertiary/aromatic N) is 1. The highest BCUT2D eigenvalue weighted by atomic mass is 79.9. The number of carbonyl (C=O) groups excluding carboxylic acids is 3. The fourth-order valence-electron chi connectivity index (χ4n) is 3.31. The van der Waals surface area contributed by atoms with Crippen LogP contribution in [0.25, 0.3) is 17.4 Å². The van der Waals surface area contributed by atoms with Gasteiger partial charge in [0.1, 0.15) is 17.1 Å². The second kappa shape index (κ2) is 8.68. The summed E-state index contributed by atoms with van der Waals surface area (Å²) in [6, 6.07) is 11.3. The van der Waals surface area contributed by atoms with E-state index in [0.29, 0.717) is 16.8 Å². The maximum Gasteiger partial charge on any atom is 0.335 e. The number of furan rings is 1. The second-order valence-corrected chi connectivity index (χ2v) is 8.41. The molecule has 3 aromatic rings. The van der Waals surface area contributed by atoms with Gasteiger partial charge in [0.25, 0.3) is 11.8 Å². The molecule has 1 fully saturated rings. The Morgan fingerprint density at radius 2 is 1.88 bits per heavy atom. The van der Waals surface area contributed by atoms with Gasteiger partial charge in [-0.25, -0.2) is 14.5 Å². The Morgan fingerprint density at radius 1 is 1.12 bits per heavy atom. The van der Waals surface area contributed by atoms with Crippen molar-refractivity contribution < 1.29 is 28.7 Å². The normalized spacial score (nSPS) is 15.2. The van der Waals surface area contributed by atoms with E-state index in [9.17, 15) is 24.3 Å². The number of barbiturate groups is 1. The van der Waals surface area contributed by atoms with E-state index in [2.05, 4.69) is 21.2 Å². The van der Waals surface area contributed by atoms with E-state index < -0.39 is 23.8 Å². The summed E-state index contributed by atoms with van der Waals surface area (Å²) in [4.78, 5) is 50.0. The molecule has 0 radical (unpaired) electrons. The van der Waals surface area contributed by atoms with E-state index in [1.54, 1.807) is 25.1 Å². The van der Waals surface area contributed by atoms with Gasteiger partial charge in [0.2, 0.25) is 0 Å². The number of urea groups is 1. The lowest BCUT2D eigenvalue weighted by Gasteiger charge is -2.27. The Kier molecular flexibility index (Phi) is 5.92. The average molecular weight is 530 g/mol. The van der Waals surface area contributed by atoms with E-state index in [4.69, 9.17) is 16.0 Å². The highest BCUT2D eigenvalue weighted by Gasteiger charge is 2.37. The smallest absolute Gasteiger partial charge is 0.335 e. The van der Waals surface area contributed by atoms with Crippen LogP contribution in [-0.4, -0.2) is 28.9 Å². The van der Waals surface area contributed by atoms with Crippen molar-refractivity contribution in [2.75, 3.05) is 4.90 Å². The first kappa shape index (κ1) is 22.5. The van der Waals surface area contributed by atoms with Gasteiger partial charge in [-0.1, -0.05) is 27.5 Å². The van der Waals surface area contributed by atoms with Crippen LogP contribution < -0.4 is 10.2 Å². The van der Waals surface area contributed by atoms with Gasteiger partial charge in [-0.15, -0.1) is 0 Å². The van der Waals surface area contributed by atoms with Crippen LogP contribution in [0.2, 0.25) is 5.02 Å². The minimum atomic E-state index is -1.13. The Labute approximate surface area is 200 Å². The lowest BCUT2D eigenvalue weighted by molar-refractivity contribution is -0.122. The lowest BCUT2D eigenvalue weighted by atomic mass is 10.1. The van der Waals surface area contributed by atoms with Gasteiger partial charge in [-0.3, -0.25) is 14.9 Å². The van der Waals surface area contributed by atoms with Gasteiger partial charge in [-0.2, -0.15) is 0 Å². The summed E-state index contributed by atoms with van der Waals surface area (Å²) in [5.41, 5.74) is 1.03. The molecule has 4 rings (SSSR count). The first-order chi connectivity index (χ1) is 15.7. The number of aromatic carboxylic acids is 1. The van der Waals surface area contributed by atoms with Crippen LogP contribution >= 0.6 is 27.5 Å². The number of hydrogen-bond donors (Lipinski definition) is 2. The molecule has 1 aromatic heterocycles. The maximum atomic E-state index is 13.1. The highest BCUT2D eigenvalue weighted by Crippen LogP contribution is 2.32. The van der Waals surface area contributed by atoms with Crippen LogP contribution in [0.4, 0.5) is 10.5 Å². The summed E-state index contributed by atoms with van der Waals surface area (Å²) in [5.74, 6) is -2.41. The minimum absolute atomic E-state index is 0.0200. The SMILES string of the molecule is Cc1cc(Br)ccc1N1C(=O)NC(=O)/C(=C\c2ccc(-c3cc(C(=O)O)ccc3Cl)o2)C1=O. The molecule has 8 nitrogen and oxygen atoms in total. The number of imide groups is 2. The van der Waals surface area contributed by atoms with Gasteiger partial charge in [0, 0.05) is 10.0 Å². The third-order valence-electron chi connectivity index (χ3n) is 4.89. The summed E-state index contributed by atoms with van der Waals surface area (Å²) in [7, 11) is 0. The molecule has 2 heterocycles. The Balaban J connectivity index is 1.71. The number of aryl methyl sites for hydroxylation is 1. The second-order valence-electron chi connectivity index (χ2n) is 7.09. The topological polar surface area (TPSA) is 117 Å². The number of carboxylic acids is 1. The summed E-state index contributed by atoms with van der Waals surface area (Å²) in [5, 5.41) is 11.6. The highest BCUT2D eigenvalue weighted by molar-refractivity contribution is 9.10. The molecular formula is C23H14BrClN2O6. The number of nitrogens with one attached hydrogen (secondary N) is 1. The lowest BCUT2D eigenvalue weighted by Crippen LogP contribution is -2.54. The molecule has 166 valence electrons. The van der Waals surface area contributed by atoms with Crippen molar-refractivity contribution in [1.82, 2.24) is 5.32 Å². The van der Waals surface area contributed by atoms with Crippen molar-refractivity contribution in [2.45, 2.75) is 6.92 Å². The summed E-state index contributed by atoms with van der Waals surface area (Å²) in [6.07, 6.45) is 1.21. The Hall–Kier alpha value is -3.69. The van der Waals surface area contributed by atoms with E-state index >= 15 is 0 Å². The molecule has 4 amide bonds. The van der Waals surface area contributed by atoms with Crippen LogP contribution in [0.5, 0.6) is 0 Å². The molecule has 0 unspecified atom stereocenters. The predicted molar refractivity (Wildman–Crippen MR) is 124 cm³/mol. The van der Waals surface area contributed by atoms with Crippen molar-refractivity contribution in [3.63, 3.8) is 0 Å². The van der Waals surface area contributed by atoms with E-state index in [1.807, 2.05) is 0 Å². The molecule has 0 aliphatic carbocycles. The summed E-state index contributed by atoms with van der Waals surface area (Å²) < 4.78 is 6.47. The number of carbonyl (C=O) groups is 4. The van der Waals surface area contributed by atoms with Crippen molar-refractivity contribution >= 4 is 63.1 Å². The van der Waals surface area contributed by atoms with Crippen molar-refractivity contribution in [3.05, 3.63) is 80.5 Å². The Bertz CT molecular complexity index is 1380. The monoisotopic (exact) mass is 528 g/mol. The summed E-state index contributed by atoms with van der Waals surface area (Å²) >= 11 is 9.51. The van der Waals surface area contributed by atoms with Crippen LogP contribution in [0, 0.1) is 6.92 Å². The first-order valence-electron chi connectivity index (χ1n) is 9.46. The number of rotatable bonds is 4. The third-order valence-corrected chi connectivity index (χ3v) is 5.72. The van der Waals surface area contributed by atoms with Gasteiger partial charge >= 0.3 is 12.0 Å². The predicted octanol–water partition coefficient (Wildman–Crippen LogP) is 5.04. The number of hydrogen-bond acceptors (Lipinski definition) is 5. The quantitative estimate of drug-likeness (QED) is 0.361. The Morgan fingerprint density at radius 3 is 2.58 bits per heavy atom. The van der Waals surface area contributed by atoms with Crippen molar-refractivity contribution in [2.24, 2.45) is 0 Å². The fourth-order valence-corrected chi connectivity index (χ4v) is 4.00. The maximum absolute atomic E-state index is 13.1. The molecule has 0 atom stereocenters. The molecule has 1 aliphatic heterocycles. The minimum Gasteiger partial charge on any atom is -0.478 e. The third kappa shape index (κ3) is 4.33. The van der Waals surface area contributed by atoms with Crippen molar-refractivity contribution in [1.29, 1.82) is 0 Å². The van der Waals surface area contributed by atoms with Crippen LogP contribution in [-0.2, 0) is 9.59 Å². The molecule has 0 saturated carbocycles. The number of amides is 4. The zero-order chi connectivity index (χ0) is 23.9. The molecule has 2 N–H and O–H groups in total. The zero-order valence-corrected chi connectivity index (χ0v) is 19.2. The van der Waals surface area contributed by atoms with Gasteiger partial charge < -0.3 is 9.52 Å². The van der Waals surface area contributed by atoms with Gasteiger partial charge in [-0.05, 0) is 67.1 Å². The molecular weight excluding hydrogens is 516 g/mol. The first-order valence-corrected chi connectivity index (χ1v) is 10.6. The van der Waals surface area contributed by atoms with Crippen molar-refractivity contribution in [3.8, 4) is 11.3 Å². The molecule has 0 bridgehead atoms. The molecule has 1 aliphatic rings. The zero-order valence-electron chi connectivity index (χ0n) is 16.9. The van der Waals surface area contributed by atoms with Crippen LogP contribution in [0.3, 0.4) is 0 Å². The number of anilines is 1. The number of halogens is 2.